The molecule has 4 aromatic rings. The van der Waals surface area contributed by atoms with Gasteiger partial charge in [-0.1, -0.05) is 61.2 Å². The Bertz CT molecular complexity index is 2000. The molecule has 58 heavy (non-hydrogen) atoms. The number of aryl methyl sites for hydroxylation is 1. The minimum atomic E-state index is -0.141. The van der Waals surface area contributed by atoms with Crippen LogP contribution in [-0.4, -0.2) is 114 Å². The summed E-state index contributed by atoms with van der Waals surface area (Å²) >= 11 is 0. The van der Waals surface area contributed by atoms with E-state index in [1.54, 1.807) is 11.7 Å². The number of unbranched alkanes of at least 4 members (excludes halogenated alkanes) is 3. The molecule has 3 saturated heterocycles. The SMILES string of the molecule is CCOc1ccccc1-n1c(CN2CCN(CCNCCCCCCN3C4CCCC3CC(OC(=O)Cc3cc(C)ccc3OC)C4)CC2)nc2ccccc2c1=O. The molecule has 1 N–H and O–H groups in total. The van der Waals surface area contributed by atoms with Gasteiger partial charge < -0.3 is 19.5 Å². The highest BCUT2D eigenvalue weighted by Gasteiger charge is 2.39. The summed E-state index contributed by atoms with van der Waals surface area (Å²) in [5.41, 5.74) is 3.43. The van der Waals surface area contributed by atoms with Crippen LogP contribution in [-0.2, 0) is 22.5 Å². The maximum Gasteiger partial charge on any atom is 0.310 e. The fraction of sp³-hybridized carbons (Fsp3) is 0.553. The average Bonchev–Trinajstić information content (AvgIpc) is 3.21. The van der Waals surface area contributed by atoms with Gasteiger partial charge in [-0.15, -0.1) is 0 Å². The van der Waals surface area contributed by atoms with Gasteiger partial charge in [-0.25, -0.2) is 4.98 Å². The molecule has 7 rings (SSSR count). The lowest BCUT2D eigenvalue weighted by molar-refractivity contribution is -0.154. The van der Waals surface area contributed by atoms with Crippen molar-refractivity contribution in [2.75, 3.05) is 66.1 Å². The Kier molecular flexibility index (Phi) is 14.9. The molecule has 1 aromatic heterocycles. The standard InChI is InChI=1S/C47H64N6O5/c1-4-57-44-19-10-9-18-42(44)53-45(49-41-17-8-7-16-40(41)47(53)55)34-51-28-26-50(27-29-51)25-23-48-22-11-5-6-12-24-52-37-14-13-15-38(52)33-39(32-37)58-46(54)31-36-30-35(2)20-21-43(36)56-3/h7-10,16-21,30,37-39,48H,4-6,11-15,22-29,31-34H2,1-3H3. The van der Waals surface area contributed by atoms with Crippen LogP contribution in [0.5, 0.6) is 11.5 Å². The lowest BCUT2D eigenvalue weighted by atomic mass is 9.82. The number of fused-ring (bicyclic) bond motifs is 3. The molecule has 2 unspecified atom stereocenters. The van der Waals surface area contributed by atoms with Gasteiger partial charge in [-0.2, -0.15) is 0 Å². The van der Waals surface area contributed by atoms with Crippen molar-refractivity contribution < 1.29 is 19.0 Å². The number of esters is 1. The lowest BCUT2D eigenvalue weighted by Gasteiger charge is -2.48. The first-order chi connectivity index (χ1) is 28.4. The van der Waals surface area contributed by atoms with Crippen molar-refractivity contribution >= 4 is 16.9 Å². The van der Waals surface area contributed by atoms with Crippen molar-refractivity contribution in [1.29, 1.82) is 0 Å². The Morgan fingerprint density at radius 1 is 0.845 bits per heavy atom. The first kappa shape index (κ1) is 41.9. The molecular formula is C47H64N6O5. The van der Waals surface area contributed by atoms with Crippen LogP contribution >= 0.6 is 0 Å². The van der Waals surface area contributed by atoms with E-state index in [1.165, 1.54) is 44.9 Å². The van der Waals surface area contributed by atoms with E-state index in [1.807, 2.05) is 80.6 Å². The largest absolute Gasteiger partial charge is 0.496 e. The summed E-state index contributed by atoms with van der Waals surface area (Å²) < 4.78 is 19.2. The number of carbonyl (C=O) groups excluding carboxylic acids is 1. The first-order valence-electron chi connectivity index (χ1n) is 21.9. The molecule has 312 valence electrons. The van der Waals surface area contributed by atoms with Crippen LogP contribution in [0.25, 0.3) is 16.6 Å². The van der Waals surface area contributed by atoms with Gasteiger partial charge >= 0.3 is 5.97 Å². The number of piperazine rings is 1. The molecule has 0 amide bonds. The second-order valence-corrected chi connectivity index (χ2v) is 16.4. The number of nitrogens with one attached hydrogen (secondary N) is 1. The van der Waals surface area contributed by atoms with Crippen LogP contribution in [0.3, 0.4) is 0 Å². The van der Waals surface area contributed by atoms with Gasteiger partial charge in [0, 0.05) is 69.8 Å². The van der Waals surface area contributed by atoms with Gasteiger partial charge in [-0.05, 0) is 83.0 Å². The van der Waals surface area contributed by atoms with Gasteiger partial charge in [0.05, 0.1) is 43.3 Å². The second-order valence-electron chi connectivity index (χ2n) is 16.4. The molecule has 3 aliphatic rings. The quantitative estimate of drug-likeness (QED) is 0.0833. The molecule has 0 aliphatic carbocycles. The number of ether oxygens (including phenoxy) is 3. The zero-order valence-corrected chi connectivity index (χ0v) is 35.0. The second kappa shape index (κ2) is 20.6. The Hall–Kier alpha value is -4.29. The van der Waals surface area contributed by atoms with Crippen LogP contribution in [0.4, 0.5) is 0 Å². The summed E-state index contributed by atoms with van der Waals surface area (Å²) in [7, 11) is 1.65. The van der Waals surface area contributed by atoms with Crippen molar-refractivity contribution in [1.82, 2.24) is 29.6 Å². The van der Waals surface area contributed by atoms with Gasteiger partial charge in [0.2, 0.25) is 0 Å². The Balaban J connectivity index is 0.780. The molecule has 2 bridgehead atoms. The highest BCUT2D eigenvalue weighted by Crippen LogP contribution is 2.36. The summed E-state index contributed by atoms with van der Waals surface area (Å²) in [6, 6.07) is 22.4. The molecule has 11 heteroatoms. The number of hydrogen-bond donors (Lipinski definition) is 1. The number of benzene rings is 3. The molecule has 0 saturated carbocycles. The highest BCUT2D eigenvalue weighted by atomic mass is 16.5. The molecule has 3 aliphatic heterocycles. The van der Waals surface area contributed by atoms with Crippen LogP contribution in [0.1, 0.15) is 81.7 Å². The molecule has 2 atom stereocenters. The predicted octanol–water partition coefficient (Wildman–Crippen LogP) is 6.54. The summed E-state index contributed by atoms with van der Waals surface area (Å²) in [5.74, 6) is 2.04. The van der Waals surface area contributed by atoms with E-state index in [4.69, 9.17) is 19.2 Å². The van der Waals surface area contributed by atoms with E-state index >= 15 is 0 Å². The van der Waals surface area contributed by atoms with Gasteiger partial charge in [-0.3, -0.25) is 28.9 Å². The van der Waals surface area contributed by atoms with Crippen LogP contribution in [0.2, 0.25) is 0 Å². The fourth-order valence-electron chi connectivity index (χ4n) is 9.40. The van der Waals surface area contributed by atoms with Crippen molar-refractivity contribution in [2.45, 2.75) is 103 Å². The van der Waals surface area contributed by atoms with E-state index in [-0.39, 0.29) is 24.1 Å². The van der Waals surface area contributed by atoms with Crippen molar-refractivity contribution in [3.05, 3.63) is 94.0 Å². The van der Waals surface area contributed by atoms with E-state index in [0.717, 1.165) is 99.1 Å². The van der Waals surface area contributed by atoms with E-state index < -0.39 is 0 Å². The number of para-hydroxylation sites is 3. The van der Waals surface area contributed by atoms with Crippen LogP contribution in [0, 0.1) is 6.92 Å². The Labute approximate surface area is 344 Å². The number of aromatic nitrogens is 2. The van der Waals surface area contributed by atoms with Crippen LogP contribution < -0.4 is 20.3 Å². The van der Waals surface area contributed by atoms with Gasteiger partial charge in [0.1, 0.15) is 23.4 Å². The predicted molar refractivity (Wildman–Crippen MR) is 230 cm³/mol. The minimum absolute atomic E-state index is 0.0211. The average molecular weight is 793 g/mol. The number of methoxy groups -OCH3 is 1. The third kappa shape index (κ3) is 10.7. The normalized spacial score (nSPS) is 20.3. The summed E-state index contributed by atoms with van der Waals surface area (Å²) in [6.07, 6.45) is 10.9. The number of piperidine rings is 2. The Morgan fingerprint density at radius 3 is 2.38 bits per heavy atom. The molecular weight excluding hydrogens is 729 g/mol. The number of hydrogen-bond acceptors (Lipinski definition) is 10. The topological polar surface area (TPSA) is 101 Å². The molecule has 3 fully saturated rings. The minimum Gasteiger partial charge on any atom is -0.496 e. The maximum atomic E-state index is 13.9. The lowest BCUT2D eigenvalue weighted by Crippen LogP contribution is -2.54. The smallest absolute Gasteiger partial charge is 0.310 e. The van der Waals surface area contributed by atoms with Crippen LogP contribution in [0.15, 0.2) is 71.5 Å². The van der Waals surface area contributed by atoms with Crippen molar-refractivity contribution in [2.24, 2.45) is 0 Å². The summed E-state index contributed by atoms with van der Waals surface area (Å²) in [4.78, 5) is 39.5. The third-order valence-electron chi connectivity index (χ3n) is 12.4. The Morgan fingerprint density at radius 2 is 1.59 bits per heavy atom. The van der Waals surface area contributed by atoms with Gasteiger partial charge in [0.15, 0.2) is 0 Å². The fourth-order valence-corrected chi connectivity index (χ4v) is 9.40. The highest BCUT2D eigenvalue weighted by molar-refractivity contribution is 5.78. The first-order valence-corrected chi connectivity index (χ1v) is 21.9. The molecule has 11 nitrogen and oxygen atoms in total. The monoisotopic (exact) mass is 792 g/mol. The number of carbonyl (C=O) groups is 1. The molecule has 0 spiro atoms. The van der Waals surface area contributed by atoms with E-state index in [0.29, 0.717) is 36.4 Å². The van der Waals surface area contributed by atoms with Crippen molar-refractivity contribution in [3.8, 4) is 17.2 Å². The zero-order chi connectivity index (χ0) is 40.3. The maximum absolute atomic E-state index is 13.9. The van der Waals surface area contributed by atoms with E-state index in [2.05, 4.69) is 20.0 Å². The summed E-state index contributed by atoms with van der Waals surface area (Å²) in [5, 5.41) is 4.30. The molecule has 4 heterocycles. The molecule has 3 aromatic carbocycles. The third-order valence-corrected chi connectivity index (χ3v) is 12.4. The zero-order valence-electron chi connectivity index (χ0n) is 35.0. The number of rotatable bonds is 19. The number of nitrogens with zero attached hydrogens (tertiary/aromatic N) is 5. The van der Waals surface area contributed by atoms with E-state index in [9.17, 15) is 9.59 Å². The summed E-state index contributed by atoms with van der Waals surface area (Å²) in [6.45, 7) is 13.3. The van der Waals surface area contributed by atoms with Gasteiger partial charge in [0.25, 0.3) is 5.56 Å². The van der Waals surface area contributed by atoms with Crippen molar-refractivity contribution in [3.63, 3.8) is 0 Å². The molecule has 0 radical (unpaired) electrons.